The predicted octanol–water partition coefficient (Wildman–Crippen LogP) is 3.55. The Morgan fingerprint density at radius 2 is 1.75 bits per heavy atom. The maximum Gasteiger partial charge on any atom is 0.253 e. The maximum absolute atomic E-state index is 13.1. The number of hydrogen-bond donors (Lipinski definition) is 1. The van der Waals surface area contributed by atoms with Crippen LogP contribution < -0.4 is 0 Å². The van der Waals surface area contributed by atoms with Gasteiger partial charge in [0.1, 0.15) is 0 Å². The van der Waals surface area contributed by atoms with Crippen LogP contribution in [-0.2, 0) is 0 Å². The fourth-order valence-electron chi connectivity index (χ4n) is 4.01. The average molecular weight is 374 g/mol. The first-order chi connectivity index (χ1) is 13.5. The summed E-state index contributed by atoms with van der Waals surface area (Å²) in [5, 5.41) is 6.93. The number of aromatic nitrogens is 2. The zero-order valence-corrected chi connectivity index (χ0v) is 16.6. The highest BCUT2D eigenvalue weighted by atomic mass is 16.2. The summed E-state index contributed by atoms with van der Waals surface area (Å²) in [4.78, 5) is 17.4. The molecule has 2 atom stereocenters. The van der Waals surface area contributed by atoms with Crippen LogP contribution in [0, 0.1) is 6.92 Å². The molecule has 0 spiro atoms. The second-order valence-electron chi connectivity index (χ2n) is 7.81. The molecule has 1 aliphatic heterocycles. The average Bonchev–Trinajstić information content (AvgIpc) is 3.38. The van der Waals surface area contributed by atoms with Crippen LogP contribution in [0.4, 0.5) is 0 Å². The number of carbonyl (C=O) groups excluding carboxylic acids is 1. The summed E-state index contributed by atoms with van der Waals surface area (Å²) >= 11 is 0. The SMILES string of the molecule is Cc1ccc([C@@H]2CN(C(=O)c3ccc(-c4ccn[nH]4)cc3)C[C@H]2N(C)C)cc1. The molecule has 1 fully saturated rings. The second kappa shape index (κ2) is 7.60. The van der Waals surface area contributed by atoms with Gasteiger partial charge in [0.05, 0.1) is 5.69 Å². The summed E-state index contributed by atoms with van der Waals surface area (Å²) in [6.45, 7) is 3.59. The third-order valence-electron chi connectivity index (χ3n) is 5.69. The van der Waals surface area contributed by atoms with Gasteiger partial charge in [-0.2, -0.15) is 5.10 Å². The van der Waals surface area contributed by atoms with Crippen LogP contribution in [0.5, 0.6) is 0 Å². The molecule has 28 heavy (non-hydrogen) atoms. The van der Waals surface area contributed by atoms with E-state index in [1.54, 1.807) is 6.20 Å². The van der Waals surface area contributed by atoms with Crippen LogP contribution in [0.2, 0.25) is 0 Å². The summed E-state index contributed by atoms with van der Waals surface area (Å²) < 4.78 is 0. The van der Waals surface area contributed by atoms with Crippen molar-refractivity contribution in [2.75, 3.05) is 27.2 Å². The first-order valence-corrected chi connectivity index (χ1v) is 9.65. The summed E-state index contributed by atoms with van der Waals surface area (Å²) in [5.41, 5.74) is 5.26. The van der Waals surface area contributed by atoms with Crippen molar-refractivity contribution in [3.05, 3.63) is 77.5 Å². The molecule has 144 valence electrons. The van der Waals surface area contributed by atoms with E-state index < -0.39 is 0 Å². The highest BCUT2D eigenvalue weighted by Gasteiger charge is 2.37. The molecule has 1 aliphatic rings. The van der Waals surface area contributed by atoms with E-state index in [1.807, 2.05) is 35.2 Å². The number of benzene rings is 2. The number of hydrogen-bond acceptors (Lipinski definition) is 3. The fourth-order valence-corrected chi connectivity index (χ4v) is 4.01. The van der Waals surface area contributed by atoms with Crippen LogP contribution in [0.3, 0.4) is 0 Å². The number of H-pyrrole nitrogens is 1. The molecule has 4 rings (SSSR count). The highest BCUT2D eigenvalue weighted by Crippen LogP contribution is 2.31. The largest absolute Gasteiger partial charge is 0.336 e. The minimum Gasteiger partial charge on any atom is -0.336 e. The molecule has 5 heteroatoms. The molecular formula is C23H26N4O. The molecule has 0 radical (unpaired) electrons. The molecule has 0 aliphatic carbocycles. The number of nitrogens with zero attached hydrogens (tertiary/aromatic N) is 3. The number of rotatable bonds is 4. The molecule has 0 unspecified atom stereocenters. The molecule has 3 aromatic rings. The number of amides is 1. The second-order valence-corrected chi connectivity index (χ2v) is 7.81. The van der Waals surface area contributed by atoms with E-state index in [2.05, 4.69) is 60.4 Å². The van der Waals surface area contributed by atoms with Gasteiger partial charge in [-0.05, 0) is 50.3 Å². The number of likely N-dealkylation sites (N-methyl/N-ethyl adjacent to an activating group) is 1. The normalized spacial score (nSPS) is 19.4. The van der Waals surface area contributed by atoms with E-state index in [4.69, 9.17) is 0 Å². The Hall–Kier alpha value is -2.92. The predicted molar refractivity (Wildman–Crippen MR) is 111 cm³/mol. The van der Waals surface area contributed by atoms with Gasteiger partial charge < -0.3 is 9.80 Å². The molecule has 1 saturated heterocycles. The van der Waals surface area contributed by atoms with Crippen molar-refractivity contribution in [3.8, 4) is 11.3 Å². The van der Waals surface area contributed by atoms with Crippen molar-refractivity contribution in [2.45, 2.75) is 18.9 Å². The lowest BCUT2D eigenvalue weighted by molar-refractivity contribution is 0.0782. The smallest absolute Gasteiger partial charge is 0.253 e. The van der Waals surface area contributed by atoms with Crippen molar-refractivity contribution in [3.63, 3.8) is 0 Å². The number of carbonyl (C=O) groups is 1. The number of likely N-dealkylation sites (tertiary alicyclic amines) is 1. The van der Waals surface area contributed by atoms with Crippen LogP contribution in [0.25, 0.3) is 11.3 Å². The Morgan fingerprint density at radius 1 is 1.04 bits per heavy atom. The summed E-state index contributed by atoms with van der Waals surface area (Å²) in [5.74, 6) is 0.418. The van der Waals surface area contributed by atoms with Crippen molar-refractivity contribution in [2.24, 2.45) is 0 Å². The van der Waals surface area contributed by atoms with Gasteiger partial charge in [-0.15, -0.1) is 0 Å². The van der Waals surface area contributed by atoms with Gasteiger partial charge in [0.15, 0.2) is 0 Å². The van der Waals surface area contributed by atoms with Crippen molar-refractivity contribution >= 4 is 5.91 Å². The summed E-state index contributed by atoms with van der Waals surface area (Å²) in [6, 6.07) is 18.7. The minimum atomic E-state index is 0.0950. The molecule has 2 heterocycles. The van der Waals surface area contributed by atoms with Crippen LogP contribution in [0.15, 0.2) is 60.8 Å². The summed E-state index contributed by atoms with van der Waals surface area (Å²) in [7, 11) is 4.19. The molecule has 0 saturated carbocycles. The quantitative estimate of drug-likeness (QED) is 0.760. The minimum absolute atomic E-state index is 0.0950. The van der Waals surface area contributed by atoms with Gasteiger partial charge in [0, 0.05) is 36.8 Å². The molecule has 2 aromatic carbocycles. The molecular weight excluding hydrogens is 348 g/mol. The Bertz CT molecular complexity index is 930. The first-order valence-electron chi connectivity index (χ1n) is 9.65. The molecule has 1 amide bonds. The van der Waals surface area contributed by atoms with Crippen molar-refractivity contribution < 1.29 is 4.79 Å². The lowest BCUT2D eigenvalue weighted by atomic mass is 9.93. The van der Waals surface area contributed by atoms with Crippen molar-refractivity contribution in [1.29, 1.82) is 0 Å². The molecule has 0 bridgehead atoms. The van der Waals surface area contributed by atoms with Gasteiger partial charge in [-0.3, -0.25) is 9.89 Å². The summed E-state index contributed by atoms with van der Waals surface area (Å²) in [6.07, 6.45) is 1.73. The van der Waals surface area contributed by atoms with Gasteiger partial charge in [0.25, 0.3) is 5.91 Å². The lowest BCUT2D eigenvalue weighted by Crippen LogP contribution is -2.35. The maximum atomic E-state index is 13.1. The molecule has 1 aromatic heterocycles. The van der Waals surface area contributed by atoms with Crippen molar-refractivity contribution in [1.82, 2.24) is 20.0 Å². The Labute approximate surface area is 166 Å². The fraction of sp³-hybridized carbons (Fsp3) is 0.304. The van der Waals surface area contributed by atoms with Crippen LogP contribution >= 0.6 is 0 Å². The van der Waals surface area contributed by atoms with E-state index in [1.165, 1.54) is 11.1 Å². The molecule has 5 nitrogen and oxygen atoms in total. The van der Waals surface area contributed by atoms with Gasteiger partial charge in [-0.1, -0.05) is 42.0 Å². The number of aromatic amines is 1. The third kappa shape index (κ3) is 3.58. The lowest BCUT2D eigenvalue weighted by Gasteiger charge is -2.25. The number of nitrogens with one attached hydrogen (secondary N) is 1. The third-order valence-corrected chi connectivity index (χ3v) is 5.69. The van der Waals surface area contributed by atoms with E-state index in [-0.39, 0.29) is 5.91 Å². The standard InChI is InChI=1S/C23H26N4O/c1-16-4-6-17(7-5-16)20-14-27(15-22(20)26(2)3)23(28)19-10-8-18(9-11-19)21-12-13-24-25-21/h4-13,20,22H,14-15H2,1-3H3,(H,24,25)/t20-,22+/m0/s1. The van der Waals surface area contributed by atoms with Crippen LogP contribution in [-0.4, -0.2) is 59.1 Å². The number of aryl methyl sites for hydroxylation is 1. The van der Waals surface area contributed by atoms with Gasteiger partial charge in [0.2, 0.25) is 0 Å². The Kier molecular flexibility index (Phi) is 5.01. The van der Waals surface area contributed by atoms with E-state index in [0.29, 0.717) is 12.0 Å². The van der Waals surface area contributed by atoms with Gasteiger partial charge in [-0.25, -0.2) is 0 Å². The molecule has 1 N–H and O–H groups in total. The zero-order valence-electron chi connectivity index (χ0n) is 16.6. The van der Waals surface area contributed by atoms with Crippen LogP contribution in [0.1, 0.15) is 27.4 Å². The Morgan fingerprint density at radius 3 is 2.36 bits per heavy atom. The monoisotopic (exact) mass is 374 g/mol. The highest BCUT2D eigenvalue weighted by molar-refractivity contribution is 5.95. The van der Waals surface area contributed by atoms with E-state index in [0.717, 1.165) is 29.9 Å². The zero-order chi connectivity index (χ0) is 19.7. The van der Waals surface area contributed by atoms with Gasteiger partial charge >= 0.3 is 0 Å². The van der Waals surface area contributed by atoms with E-state index >= 15 is 0 Å². The van der Waals surface area contributed by atoms with E-state index in [9.17, 15) is 4.79 Å². The topological polar surface area (TPSA) is 52.2 Å². The Balaban J connectivity index is 1.53. The first kappa shape index (κ1) is 18.4.